The predicted molar refractivity (Wildman–Crippen MR) is 79.5 cm³/mol. The molecule has 0 unspecified atom stereocenters. The van der Waals surface area contributed by atoms with Crippen molar-refractivity contribution < 1.29 is 0 Å². The zero-order valence-corrected chi connectivity index (χ0v) is 12.2. The van der Waals surface area contributed by atoms with Crippen molar-refractivity contribution in [2.24, 2.45) is 16.6 Å². The SMILES string of the molecule is CC(C)CN=C(N)NCCc1cc(Cl)cc(Cl)c1. The molecule has 0 atom stereocenters. The number of aliphatic imine (C=N–C) groups is 1. The largest absolute Gasteiger partial charge is 0.370 e. The van der Waals surface area contributed by atoms with E-state index in [9.17, 15) is 0 Å². The number of benzene rings is 1. The number of halogens is 2. The Morgan fingerprint density at radius 1 is 1.28 bits per heavy atom. The summed E-state index contributed by atoms with van der Waals surface area (Å²) in [5.41, 5.74) is 6.81. The van der Waals surface area contributed by atoms with E-state index in [2.05, 4.69) is 24.2 Å². The standard InChI is InChI=1S/C13H19Cl2N3/c1-9(2)8-18-13(16)17-4-3-10-5-11(14)7-12(15)6-10/h5-7,9H,3-4,8H2,1-2H3,(H3,16,17,18). The van der Waals surface area contributed by atoms with Crippen LogP contribution in [0.5, 0.6) is 0 Å². The molecule has 0 heterocycles. The first kappa shape index (κ1) is 15.1. The number of hydrogen-bond acceptors (Lipinski definition) is 1. The Bertz CT molecular complexity index is 396. The number of nitrogens with zero attached hydrogens (tertiary/aromatic N) is 1. The monoisotopic (exact) mass is 287 g/mol. The molecule has 100 valence electrons. The second-order valence-corrected chi connectivity index (χ2v) is 5.45. The molecular formula is C13H19Cl2N3. The second-order valence-electron chi connectivity index (χ2n) is 4.57. The minimum atomic E-state index is 0.483. The van der Waals surface area contributed by atoms with Gasteiger partial charge in [0, 0.05) is 23.1 Å². The summed E-state index contributed by atoms with van der Waals surface area (Å²) in [6.45, 7) is 5.65. The van der Waals surface area contributed by atoms with Crippen LogP contribution in [0, 0.1) is 5.92 Å². The summed E-state index contributed by atoms with van der Waals surface area (Å²) in [6.07, 6.45) is 0.804. The summed E-state index contributed by atoms with van der Waals surface area (Å²) in [5, 5.41) is 4.37. The van der Waals surface area contributed by atoms with Crippen LogP contribution in [0.2, 0.25) is 10.0 Å². The normalized spacial score (nSPS) is 11.9. The van der Waals surface area contributed by atoms with E-state index in [0.29, 0.717) is 28.5 Å². The van der Waals surface area contributed by atoms with Gasteiger partial charge in [-0.15, -0.1) is 0 Å². The Morgan fingerprint density at radius 2 is 1.89 bits per heavy atom. The first-order valence-electron chi connectivity index (χ1n) is 5.96. The van der Waals surface area contributed by atoms with Crippen LogP contribution in [-0.2, 0) is 6.42 Å². The topological polar surface area (TPSA) is 50.4 Å². The maximum absolute atomic E-state index is 5.92. The van der Waals surface area contributed by atoms with Gasteiger partial charge < -0.3 is 11.1 Å². The van der Waals surface area contributed by atoms with Gasteiger partial charge in [-0.3, -0.25) is 4.99 Å². The molecule has 1 rings (SSSR count). The molecule has 0 radical (unpaired) electrons. The van der Waals surface area contributed by atoms with E-state index in [4.69, 9.17) is 28.9 Å². The van der Waals surface area contributed by atoms with Crippen LogP contribution in [0.4, 0.5) is 0 Å². The van der Waals surface area contributed by atoms with Gasteiger partial charge >= 0.3 is 0 Å². The van der Waals surface area contributed by atoms with Gasteiger partial charge in [-0.1, -0.05) is 37.0 Å². The van der Waals surface area contributed by atoms with Gasteiger partial charge in [0.1, 0.15) is 0 Å². The number of guanidine groups is 1. The summed E-state index contributed by atoms with van der Waals surface area (Å²) in [5.74, 6) is 0.994. The number of nitrogens with one attached hydrogen (secondary N) is 1. The number of rotatable bonds is 5. The Morgan fingerprint density at radius 3 is 2.44 bits per heavy atom. The molecule has 0 amide bonds. The van der Waals surface area contributed by atoms with Crippen molar-refractivity contribution in [1.29, 1.82) is 0 Å². The molecule has 0 aliphatic rings. The first-order valence-corrected chi connectivity index (χ1v) is 6.71. The van der Waals surface area contributed by atoms with Gasteiger partial charge in [0.05, 0.1) is 0 Å². The Kier molecular flexibility index (Phi) is 6.30. The average Bonchev–Trinajstić information content (AvgIpc) is 2.25. The van der Waals surface area contributed by atoms with Crippen molar-refractivity contribution in [1.82, 2.24) is 5.32 Å². The van der Waals surface area contributed by atoms with E-state index < -0.39 is 0 Å². The van der Waals surface area contributed by atoms with Crippen LogP contribution in [0.1, 0.15) is 19.4 Å². The summed E-state index contributed by atoms with van der Waals surface area (Å²) in [6, 6.07) is 5.52. The molecule has 18 heavy (non-hydrogen) atoms. The molecule has 0 saturated carbocycles. The van der Waals surface area contributed by atoms with Crippen LogP contribution < -0.4 is 11.1 Å². The molecule has 0 aliphatic carbocycles. The van der Waals surface area contributed by atoms with Crippen molar-refractivity contribution in [3.8, 4) is 0 Å². The third-order valence-electron chi connectivity index (χ3n) is 2.27. The van der Waals surface area contributed by atoms with Gasteiger partial charge in [-0.25, -0.2) is 0 Å². The van der Waals surface area contributed by atoms with Crippen LogP contribution in [0.25, 0.3) is 0 Å². The predicted octanol–water partition coefficient (Wildman–Crippen LogP) is 3.10. The van der Waals surface area contributed by atoms with Crippen molar-refractivity contribution in [3.63, 3.8) is 0 Å². The fraction of sp³-hybridized carbons (Fsp3) is 0.462. The van der Waals surface area contributed by atoms with E-state index in [1.807, 2.05) is 12.1 Å². The van der Waals surface area contributed by atoms with Gasteiger partial charge in [0.15, 0.2) is 5.96 Å². The van der Waals surface area contributed by atoms with Gasteiger partial charge in [-0.05, 0) is 36.1 Å². The van der Waals surface area contributed by atoms with Gasteiger partial charge in [0.2, 0.25) is 0 Å². The summed E-state index contributed by atoms with van der Waals surface area (Å²) < 4.78 is 0. The number of hydrogen-bond donors (Lipinski definition) is 2. The molecule has 3 nitrogen and oxygen atoms in total. The third-order valence-corrected chi connectivity index (χ3v) is 2.71. The van der Waals surface area contributed by atoms with Crippen molar-refractivity contribution in [3.05, 3.63) is 33.8 Å². The Labute approximate surface area is 118 Å². The molecule has 0 fully saturated rings. The lowest BCUT2D eigenvalue weighted by Gasteiger charge is -2.07. The average molecular weight is 288 g/mol. The van der Waals surface area contributed by atoms with E-state index >= 15 is 0 Å². The molecule has 0 bridgehead atoms. The van der Waals surface area contributed by atoms with Crippen LogP contribution >= 0.6 is 23.2 Å². The second kappa shape index (κ2) is 7.49. The molecule has 0 saturated heterocycles. The first-order chi connectivity index (χ1) is 8.47. The molecule has 0 aliphatic heterocycles. The quantitative estimate of drug-likeness (QED) is 0.646. The zero-order valence-electron chi connectivity index (χ0n) is 10.7. The van der Waals surface area contributed by atoms with Crippen molar-refractivity contribution >= 4 is 29.2 Å². The van der Waals surface area contributed by atoms with Gasteiger partial charge in [-0.2, -0.15) is 0 Å². The Balaban J connectivity index is 2.39. The summed E-state index contributed by atoms with van der Waals surface area (Å²) >= 11 is 11.8. The maximum Gasteiger partial charge on any atom is 0.188 e. The van der Waals surface area contributed by atoms with Crippen molar-refractivity contribution in [2.75, 3.05) is 13.1 Å². The highest BCUT2D eigenvalue weighted by molar-refractivity contribution is 6.34. The minimum absolute atomic E-state index is 0.483. The van der Waals surface area contributed by atoms with E-state index in [-0.39, 0.29) is 0 Å². The molecule has 5 heteroatoms. The Hall–Kier alpha value is -0.930. The highest BCUT2D eigenvalue weighted by Gasteiger charge is 1.99. The lowest BCUT2D eigenvalue weighted by atomic mass is 10.1. The molecule has 3 N–H and O–H groups in total. The number of nitrogens with two attached hydrogens (primary N) is 1. The highest BCUT2D eigenvalue weighted by Crippen LogP contribution is 2.19. The molecule has 1 aromatic rings. The lowest BCUT2D eigenvalue weighted by molar-refractivity contribution is 0.661. The zero-order chi connectivity index (χ0) is 13.5. The molecule has 0 aromatic heterocycles. The van der Waals surface area contributed by atoms with Crippen LogP contribution in [-0.4, -0.2) is 19.0 Å². The van der Waals surface area contributed by atoms with E-state index in [1.165, 1.54) is 0 Å². The fourth-order valence-electron chi connectivity index (χ4n) is 1.43. The molecule has 1 aromatic carbocycles. The van der Waals surface area contributed by atoms with E-state index in [0.717, 1.165) is 18.5 Å². The third kappa shape index (κ3) is 6.12. The highest BCUT2D eigenvalue weighted by atomic mass is 35.5. The van der Waals surface area contributed by atoms with Crippen molar-refractivity contribution in [2.45, 2.75) is 20.3 Å². The van der Waals surface area contributed by atoms with Crippen LogP contribution in [0.15, 0.2) is 23.2 Å². The summed E-state index contributed by atoms with van der Waals surface area (Å²) in [4.78, 5) is 4.22. The molecule has 0 spiro atoms. The van der Waals surface area contributed by atoms with Crippen LogP contribution in [0.3, 0.4) is 0 Å². The summed E-state index contributed by atoms with van der Waals surface area (Å²) in [7, 11) is 0. The lowest BCUT2D eigenvalue weighted by Crippen LogP contribution is -2.33. The van der Waals surface area contributed by atoms with Gasteiger partial charge in [0.25, 0.3) is 0 Å². The van der Waals surface area contributed by atoms with E-state index in [1.54, 1.807) is 6.07 Å². The fourth-order valence-corrected chi connectivity index (χ4v) is 2.00. The molecular weight excluding hydrogens is 269 g/mol. The maximum atomic E-state index is 5.92. The smallest absolute Gasteiger partial charge is 0.188 e. The minimum Gasteiger partial charge on any atom is -0.370 e.